The van der Waals surface area contributed by atoms with Crippen LogP contribution in [0.1, 0.15) is 31.4 Å². The molecule has 0 saturated heterocycles. The average molecular weight is 644 g/mol. The third kappa shape index (κ3) is 8.88. The van der Waals surface area contributed by atoms with Gasteiger partial charge in [-0.3, -0.25) is 13.9 Å². The number of rotatable bonds is 16. The lowest BCUT2D eigenvalue weighted by Crippen LogP contribution is -2.53. The summed E-state index contributed by atoms with van der Waals surface area (Å²) in [5.74, 6) is 0.316. The van der Waals surface area contributed by atoms with Gasteiger partial charge < -0.3 is 19.7 Å². The second kappa shape index (κ2) is 16.5. The number of anilines is 1. The molecule has 0 radical (unpaired) electrons. The van der Waals surface area contributed by atoms with Gasteiger partial charge in [-0.1, -0.05) is 67.6 Å². The lowest BCUT2D eigenvalue weighted by molar-refractivity contribution is -0.140. The zero-order valence-electron chi connectivity index (χ0n) is 26.5. The third-order valence-electron chi connectivity index (χ3n) is 7.35. The molecule has 0 fully saturated rings. The van der Waals surface area contributed by atoms with E-state index in [1.807, 2.05) is 56.3 Å². The number of amides is 2. The largest absolute Gasteiger partial charge is 0.497 e. The van der Waals surface area contributed by atoms with Crippen LogP contribution in [0.2, 0.25) is 0 Å². The van der Waals surface area contributed by atoms with Gasteiger partial charge in [0.2, 0.25) is 11.8 Å². The Morgan fingerprint density at radius 2 is 1.46 bits per heavy atom. The van der Waals surface area contributed by atoms with E-state index in [9.17, 15) is 18.0 Å². The Morgan fingerprint density at radius 3 is 2.09 bits per heavy atom. The highest BCUT2D eigenvalue weighted by atomic mass is 32.2. The molecular formula is C36H41N3O6S. The molecule has 9 nitrogen and oxygen atoms in total. The van der Waals surface area contributed by atoms with Crippen LogP contribution in [0.5, 0.6) is 11.5 Å². The Labute approximate surface area is 271 Å². The molecule has 0 unspecified atom stereocenters. The van der Waals surface area contributed by atoms with Crippen molar-refractivity contribution in [2.45, 2.75) is 44.2 Å². The van der Waals surface area contributed by atoms with Gasteiger partial charge in [0.25, 0.3) is 10.0 Å². The number of nitrogens with zero attached hydrogens (tertiary/aromatic N) is 2. The van der Waals surface area contributed by atoms with Gasteiger partial charge in [-0.15, -0.1) is 0 Å². The molecule has 0 aromatic heterocycles. The number of benzene rings is 4. The normalized spacial score (nSPS) is 11.7. The third-order valence-corrected chi connectivity index (χ3v) is 9.14. The molecular weight excluding hydrogens is 602 g/mol. The van der Waals surface area contributed by atoms with Gasteiger partial charge in [0, 0.05) is 19.5 Å². The van der Waals surface area contributed by atoms with Gasteiger partial charge in [-0.25, -0.2) is 8.42 Å². The Hall–Kier alpha value is -4.83. The minimum atomic E-state index is -4.19. The number of carbonyl (C=O) groups is 2. The summed E-state index contributed by atoms with van der Waals surface area (Å²) in [5, 5.41) is 2.95. The topological polar surface area (TPSA) is 105 Å². The van der Waals surface area contributed by atoms with E-state index in [1.165, 1.54) is 17.0 Å². The SMILES string of the molecule is CCCNC(=O)[C@@H](Cc1ccccc1)N(Cc1cccc(OC)c1)C(=O)CN(c1ccc(OCC)cc1)S(=O)(=O)c1ccccc1. The van der Waals surface area contributed by atoms with Crippen LogP contribution in [0.15, 0.2) is 114 Å². The molecule has 242 valence electrons. The molecule has 4 aromatic carbocycles. The monoisotopic (exact) mass is 643 g/mol. The molecule has 0 spiro atoms. The highest BCUT2D eigenvalue weighted by molar-refractivity contribution is 7.92. The second-order valence-electron chi connectivity index (χ2n) is 10.6. The molecule has 0 heterocycles. The van der Waals surface area contributed by atoms with Gasteiger partial charge in [-0.2, -0.15) is 0 Å². The Morgan fingerprint density at radius 1 is 0.804 bits per heavy atom. The van der Waals surface area contributed by atoms with Crippen LogP contribution in [0.25, 0.3) is 0 Å². The molecule has 0 aliphatic heterocycles. The Kier molecular flexibility index (Phi) is 12.2. The molecule has 10 heteroatoms. The predicted molar refractivity (Wildman–Crippen MR) is 179 cm³/mol. The quantitative estimate of drug-likeness (QED) is 0.174. The predicted octanol–water partition coefficient (Wildman–Crippen LogP) is 5.46. The summed E-state index contributed by atoms with van der Waals surface area (Å²) < 4.78 is 40.3. The molecule has 2 amide bonds. The Balaban J connectivity index is 1.79. The van der Waals surface area contributed by atoms with Crippen molar-refractivity contribution in [1.29, 1.82) is 0 Å². The highest BCUT2D eigenvalue weighted by Crippen LogP contribution is 2.27. The van der Waals surface area contributed by atoms with Gasteiger partial charge in [-0.05, 0) is 73.0 Å². The van der Waals surface area contributed by atoms with Crippen LogP contribution >= 0.6 is 0 Å². The summed E-state index contributed by atoms with van der Waals surface area (Å²) in [6, 6.07) is 30.3. The van der Waals surface area contributed by atoms with Crippen molar-refractivity contribution >= 4 is 27.5 Å². The number of ether oxygens (including phenoxy) is 2. The van der Waals surface area contributed by atoms with Crippen molar-refractivity contribution in [3.8, 4) is 11.5 Å². The number of hydrogen-bond donors (Lipinski definition) is 1. The van der Waals surface area contributed by atoms with E-state index in [-0.39, 0.29) is 29.5 Å². The van der Waals surface area contributed by atoms with Crippen LogP contribution in [0.3, 0.4) is 0 Å². The summed E-state index contributed by atoms with van der Waals surface area (Å²) >= 11 is 0. The number of hydrogen-bond acceptors (Lipinski definition) is 6. The molecule has 0 aliphatic rings. The van der Waals surface area contributed by atoms with Crippen LogP contribution in [0.4, 0.5) is 5.69 Å². The van der Waals surface area contributed by atoms with Crippen LogP contribution in [-0.4, -0.2) is 58.0 Å². The molecule has 0 aliphatic carbocycles. The maximum absolute atomic E-state index is 14.5. The lowest BCUT2D eigenvalue weighted by Gasteiger charge is -2.34. The number of sulfonamides is 1. The minimum absolute atomic E-state index is 0.0394. The van der Waals surface area contributed by atoms with Crippen molar-refractivity contribution in [1.82, 2.24) is 10.2 Å². The minimum Gasteiger partial charge on any atom is -0.497 e. The van der Waals surface area contributed by atoms with E-state index >= 15 is 0 Å². The first kappa shape index (κ1) is 34.1. The fourth-order valence-electron chi connectivity index (χ4n) is 5.01. The summed E-state index contributed by atoms with van der Waals surface area (Å²) in [5.41, 5.74) is 1.88. The van der Waals surface area contributed by atoms with Crippen molar-refractivity contribution in [2.75, 3.05) is 31.1 Å². The molecule has 46 heavy (non-hydrogen) atoms. The summed E-state index contributed by atoms with van der Waals surface area (Å²) in [6.45, 7) is 4.21. The van der Waals surface area contributed by atoms with E-state index < -0.39 is 28.5 Å². The zero-order chi connectivity index (χ0) is 32.9. The average Bonchev–Trinajstić information content (AvgIpc) is 3.09. The Bertz CT molecular complexity index is 1670. The summed E-state index contributed by atoms with van der Waals surface area (Å²) in [7, 11) is -2.63. The summed E-state index contributed by atoms with van der Waals surface area (Å²) in [4.78, 5) is 29.8. The van der Waals surface area contributed by atoms with Gasteiger partial charge in [0.05, 0.1) is 24.3 Å². The smallest absolute Gasteiger partial charge is 0.264 e. The highest BCUT2D eigenvalue weighted by Gasteiger charge is 2.34. The molecule has 0 bridgehead atoms. The maximum atomic E-state index is 14.5. The fourth-order valence-corrected chi connectivity index (χ4v) is 6.45. The van der Waals surface area contributed by atoms with Crippen molar-refractivity contribution in [3.05, 3.63) is 120 Å². The van der Waals surface area contributed by atoms with Crippen LogP contribution in [-0.2, 0) is 32.6 Å². The van der Waals surface area contributed by atoms with Gasteiger partial charge >= 0.3 is 0 Å². The first-order valence-electron chi connectivity index (χ1n) is 15.3. The first-order valence-corrected chi connectivity index (χ1v) is 16.8. The van der Waals surface area contributed by atoms with Crippen LogP contribution in [0, 0.1) is 0 Å². The standard InChI is InChI=1S/C36H41N3O6S/c1-4-23-37-36(41)34(25-28-13-8-6-9-14-28)38(26-29-15-12-16-32(24-29)44-3)35(40)27-39(30-19-21-31(22-20-30)45-5-2)46(42,43)33-17-10-7-11-18-33/h6-22,24,34H,4-5,23,25-27H2,1-3H3,(H,37,41)/t34-/m1/s1. The lowest BCUT2D eigenvalue weighted by atomic mass is 10.0. The van der Waals surface area contributed by atoms with E-state index in [0.29, 0.717) is 31.1 Å². The first-order chi connectivity index (χ1) is 22.3. The van der Waals surface area contributed by atoms with Crippen molar-refractivity contribution in [2.24, 2.45) is 0 Å². The van der Waals surface area contributed by atoms with Crippen molar-refractivity contribution in [3.63, 3.8) is 0 Å². The number of carbonyl (C=O) groups excluding carboxylic acids is 2. The molecule has 1 N–H and O–H groups in total. The van der Waals surface area contributed by atoms with Crippen LogP contribution < -0.4 is 19.1 Å². The van der Waals surface area contributed by atoms with Gasteiger partial charge in [0.1, 0.15) is 24.1 Å². The van der Waals surface area contributed by atoms with E-state index in [4.69, 9.17) is 9.47 Å². The maximum Gasteiger partial charge on any atom is 0.264 e. The van der Waals surface area contributed by atoms with E-state index in [0.717, 1.165) is 15.4 Å². The fraction of sp³-hybridized carbons (Fsp3) is 0.278. The number of nitrogens with one attached hydrogen (secondary N) is 1. The summed E-state index contributed by atoms with van der Waals surface area (Å²) in [6.07, 6.45) is 0.953. The zero-order valence-corrected chi connectivity index (χ0v) is 27.3. The molecule has 0 saturated carbocycles. The second-order valence-corrected chi connectivity index (χ2v) is 12.5. The van der Waals surface area contributed by atoms with Gasteiger partial charge in [0.15, 0.2) is 0 Å². The van der Waals surface area contributed by atoms with Crippen molar-refractivity contribution < 1.29 is 27.5 Å². The molecule has 4 rings (SSSR count). The molecule has 4 aromatic rings. The molecule has 1 atom stereocenters. The van der Waals surface area contributed by atoms with E-state index in [1.54, 1.807) is 61.7 Å². The number of methoxy groups -OCH3 is 1. The van der Waals surface area contributed by atoms with E-state index in [2.05, 4.69) is 5.32 Å².